The maximum atomic E-state index is 13.6. The van der Waals surface area contributed by atoms with E-state index in [2.05, 4.69) is 15.1 Å². The normalized spacial score (nSPS) is 17.4. The molecule has 0 bridgehead atoms. The molecule has 0 spiro atoms. The molecule has 1 N–H and O–H groups in total. The van der Waals surface area contributed by atoms with Gasteiger partial charge in [0.05, 0.1) is 17.6 Å². The van der Waals surface area contributed by atoms with E-state index in [0.717, 1.165) is 24.8 Å². The van der Waals surface area contributed by atoms with Gasteiger partial charge in [-0.2, -0.15) is 21.6 Å². The molecule has 2 aliphatic rings. The summed E-state index contributed by atoms with van der Waals surface area (Å²) in [5.74, 6) is -0.166. The van der Waals surface area contributed by atoms with Gasteiger partial charge in [-0.15, -0.1) is 5.10 Å². The Morgan fingerprint density at radius 2 is 1.73 bits per heavy atom. The summed E-state index contributed by atoms with van der Waals surface area (Å²) in [5.41, 5.74) is -1.90. The minimum Gasteiger partial charge on any atom is -0.477 e. The Morgan fingerprint density at radius 3 is 2.39 bits per heavy atom. The molecular weight excluding hydrogens is 811 g/mol. The number of pyridine rings is 2. The fourth-order valence-electron chi connectivity index (χ4n) is 7.24. The van der Waals surface area contributed by atoms with Gasteiger partial charge in [-0.1, -0.05) is 48.0 Å². The van der Waals surface area contributed by atoms with Gasteiger partial charge in [0.15, 0.2) is 10.8 Å². The second-order valence-corrected chi connectivity index (χ2v) is 18.8. The number of halogens is 4. The highest BCUT2D eigenvalue weighted by molar-refractivity contribution is 7.90. The Hall–Kier alpha value is -4.90. The molecule has 3 aromatic heterocycles. The maximum absolute atomic E-state index is 13.6. The lowest BCUT2D eigenvalue weighted by molar-refractivity contribution is -0.190. The fourth-order valence-corrected chi connectivity index (χ4v) is 8.40. The largest absolute Gasteiger partial charge is 0.477 e. The zero-order valence-electron chi connectivity index (χ0n) is 33.6. The van der Waals surface area contributed by atoms with Crippen LogP contribution in [0.2, 0.25) is 5.15 Å². The molecule has 6 rings (SSSR count). The quantitative estimate of drug-likeness (QED) is 0.116. The summed E-state index contributed by atoms with van der Waals surface area (Å²) in [7, 11) is -4.49. The zero-order chi connectivity index (χ0) is 42.8. The van der Waals surface area contributed by atoms with Crippen LogP contribution in [0.3, 0.4) is 0 Å². The molecule has 1 saturated heterocycles. The van der Waals surface area contributed by atoms with Gasteiger partial charge < -0.3 is 19.3 Å². The van der Waals surface area contributed by atoms with Crippen molar-refractivity contribution >= 4 is 39.4 Å². The molecule has 0 unspecified atom stereocenters. The molecular formula is C41H49ClF3N7O6S. The van der Waals surface area contributed by atoms with Crippen LogP contribution in [-0.2, 0) is 21.3 Å². The predicted molar refractivity (Wildman–Crippen MR) is 215 cm³/mol. The number of hydrogen-bond donors (Lipinski definition) is 1. The van der Waals surface area contributed by atoms with Crippen LogP contribution < -0.4 is 14.4 Å². The first kappa shape index (κ1) is 43.7. The molecule has 318 valence electrons. The highest BCUT2D eigenvalue weighted by Crippen LogP contribution is 2.59. The van der Waals surface area contributed by atoms with E-state index in [1.807, 2.05) is 74.6 Å². The molecule has 2 fully saturated rings. The van der Waals surface area contributed by atoms with Gasteiger partial charge in [0.1, 0.15) is 16.6 Å². The standard InChI is InChI=1S/C41H49ClF3N7O6S/c1-38(2,3)58-37(54)51-27-29(25-39(51,4)5)13-10-22-50(26-28-11-7-6-8-12-28)31-14-9-15-34(46-31)59(55,56)49-36(53)30-16-17-32(47-35(30)42)52-23-18-33(48-52)57-24-21-40(19-20-40)41(43,44)45/h6-9,11-12,14-18,23,29H,10,13,19-22,24-27H2,1-5H3,(H,49,53)/t29-/m0/s1. The third kappa shape index (κ3) is 10.8. The van der Waals surface area contributed by atoms with Gasteiger partial charge >= 0.3 is 12.3 Å². The van der Waals surface area contributed by atoms with Crippen molar-refractivity contribution in [2.45, 2.75) is 102 Å². The second-order valence-electron chi connectivity index (χ2n) is 16.8. The van der Waals surface area contributed by atoms with Crippen LogP contribution in [0.5, 0.6) is 5.88 Å². The summed E-state index contributed by atoms with van der Waals surface area (Å²) in [6, 6.07) is 18.4. The number of likely N-dealkylation sites (tertiary alicyclic amines) is 1. The van der Waals surface area contributed by atoms with E-state index < -0.39 is 33.1 Å². The number of amides is 2. The van der Waals surface area contributed by atoms with Crippen molar-refractivity contribution in [1.82, 2.24) is 29.4 Å². The number of hydrogen-bond acceptors (Lipinski definition) is 10. The smallest absolute Gasteiger partial charge is 0.410 e. The van der Waals surface area contributed by atoms with Crippen molar-refractivity contribution in [2.24, 2.45) is 11.3 Å². The van der Waals surface area contributed by atoms with Crippen molar-refractivity contribution in [3.05, 3.63) is 89.2 Å². The average Bonchev–Trinajstić information content (AvgIpc) is 3.70. The van der Waals surface area contributed by atoms with E-state index >= 15 is 0 Å². The Bertz CT molecular complexity index is 2240. The van der Waals surface area contributed by atoms with Gasteiger partial charge in [0.2, 0.25) is 5.88 Å². The molecule has 1 aliphatic carbocycles. The first-order chi connectivity index (χ1) is 27.6. The summed E-state index contributed by atoms with van der Waals surface area (Å²) in [4.78, 5) is 38.7. The van der Waals surface area contributed by atoms with Gasteiger partial charge in [-0.3, -0.25) is 4.79 Å². The number of ether oxygens (including phenoxy) is 2. The minimum absolute atomic E-state index is 0.0779. The molecule has 13 nitrogen and oxygen atoms in total. The van der Waals surface area contributed by atoms with Crippen LogP contribution in [0.1, 0.15) is 89.1 Å². The zero-order valence-corrected chi connectivity index (χ0v) is 35.2. The van der Waals surface area contributed by atoms with E-state index in [-0.39, 0.29) is 70.9 Å². The third-order valence-electron chi connectivity index (χ3n) is 10.5. The van der Waals surface area contributed by atoms with Crippen LogP contribution in [0.15, 0.2) is 78.0 Å². The number of aromatic nitrogens is 4. The molecule has 1 atom stereocenters. The summed E-state index contributed by atoms with van der Waals surface area (Å²) in [6.07, 6.45) is -0.796. The van der Waals surface area contributed by atoms with Crippen molar-refractivity contribution in [3.8, 4) is 11.7 Å². The van der Waals surface area contributed by atoms with Crippen molar-refractivity contribution in [3.63, 3.8) is 0 Å². The van der Waals surface area contributed by atoms with E-state index in [9.17, 15) is 31.2 Å². The summed E-state index contributed by atoms with van der Waals surface area (Å²) in [5, 5.41) is 3.48. The number of rotatable bonds is 15. The molecule has 4 heterocycles. The molecule has 18 heteroatoms. The molecule has 1 aromatic carbocycles. The Labute approximate surface area is 347 Å². The summed E-state index contributed by atoms with van der Waals surface area (Å²) >= 11 is 6.35. The minimum atomic E-state index is -4.49. The Kier molecular flexibility index (Phi) is 12.6. The Morgan fingerprint density at radius 1 is 1.00 bits per heavy atom. The number of alkyl halides is 3. The molecule has 59 heavy (non-hydrogen) atoms. The summed E-state index contributed by atoms with van der Waals surface area (Å²) < 4.78 is 81.3. The van der Waals surface area contributed by atoms with E-state index in [1.54, 1.807) is 17.0 Å². The molecule has 4 aromatic rings. The molecule has 1 saturated carbocycles. The lowest BCUT2D eigenvalue weighted by Crippen LogP contribution is -2.45. The molecule has 0 radical (unpaired) electrons. The maximum Gasteiger partial charge on any atom is 0.410 e. The highest BCUT2D eigenvalue weighted by Gasteiger charge is 2.62. The van der Waals surface area contributed by atoms with Crippen LogP contribution in [0, 0.1) is 11.3 Å². The van der Waals surface area contributed by atoms with Crippen LogP contribution in [0.25, 0.3) is 5.82 Å². The molecule has 2 amide bonds. The second kappa shape index (κ2) is 17.0. The van der Waals surface area contributed by atoms with E-state index in [1.165, 1.54) is 35.1 Å². The predicted octanol–water partition coefficient (Wildman–Crippen LogP) is 8.37. The van der Waals surface area contributed by atoms with Crippen LogP contribution in [0.4, 0.5) is 23.8 Å². The highest BCUT2D eigenvalue weighted by atomic mass is 35.5. The lowest BCUT2D eigenvalue weighted by atomic mass is 9.93. The number of carbonyl (C=O) groups is 2. The number of sulfonamides is 1. The SMILES string of the molecule is CC(C)(C)OC(=O)N1C[C@@H](CCCN(Cc2ccccc2)c2cccc(S(=O)(=O)NC(=O)c3ccc(-n4ccc(OCCC5(C(F)(F)F)CC5)n4)nc3Cl)n2)CC1(C)C. The van der Waals surface area contributed by atoms with Crippen molar-refractivity contribution in [1.29, 1.82) is 0 Å². The van der Waals surface area contributed by atoms with Crippen molar-refractivity contribution in [2.75, 3.05) is 24.6 Å². The molecule has 1 aliphatic heterocycles. The van der Waals surface area contributed by atoms with Gasteiger partial charge in [0, 0.05) is 37.4 Å². The van der Waals surface area contributed by atoms with Gasteiger partial charge in [-0.25, -0.2) is 24.2 Å². The summed E-state index contributed by atoms with van der Waals surface area (Å²) in [6.45, 7) is 11.0. The fraction of sp³-hybridized carbons (Fsp3) is 0.488. The van der Waals surface area contributed by atoms with Crippen LogP contribution in [-0.4, -0.2) is 82.1 Å². The van der Waals surface area contributed by atoms with Gasteiger partial charge in [0.25, 0.3) is 15.9 Å². The topological polar surface area (TPSA) is 149 Å². The number of carbonyl (C=O) groups excluding carboxylic acids is 2. The number of nitrogens with one attached hydrogen (secondary N) is 1. The number of benzene rings is 1. The third-order valence-corrected chi connectivity index (χ3v) is 12.0. The first-order valence-corrected chi connectivity index (χ1v) is 21.3. The van der Waals surface area contributed by atoms with E-state index in [4.69, 9.17) is 21.1 Å². The van der Waals surface area contributed by atoms with Crippen molar-refractivity contribution < 1.29 is 40.7 Å². The lowest BCUT2D eigenvalue weighted by Gasteiger charge is -2.33. The number of anilines is 1. The van der Waals surface area contributed by atoms with Crippen LogP contribution >= 0.6 is 11.6 Å². The first-order valence-electron chi connectivity index (χ1n) is 19.4. The number of nitrogens with zero attached hydrogens (tertiary/aromatic N) is 6. The Balaban J connectivity index is 1.10. The average molecular weight is 860 g/mol. The van der Waals surface area contributed by atoms with E-state index in [0.29, 0.717) is 25.5 Å². The monoisotopic (exact) mass is 859 g/mol. The van der Waals surface area contributed by atoms with Gasteiger partial charge in [-0.05, 0) is 109 Å².